The topological polar surface area (TPSA) is 66.8 Å². The Balaban J connectivity index is 1.66. The maximum absolute atomic E-state index is 12.9. The van der Waals surface area contributed by atoms with Crippen molar-refractivity contribution in [2.45, 2.75) is 0 Å². The zero-order valence-corrected chi connectivity index (χ0v) is 15.9. The molecule has 0 aromatic heterocycles. The summed E-state index contributed by atoms with van der Waals surface area (Å²) in [4.78, 5) is 25.8. The lowest BCUT2D eigenvalue weighted by atomic mass is 10.2. The van der Waals surface area contributed by atoms with E-state index in [-0.39, 0.29) is 39.7 Å². The molecule has 0 bridgehead atoms. The molecule has 9 heteroatoms. The molecule has 2 aromatic carbocycles. The van der Waals surface area contributed by atoms with Crippen molar-refractivity contribution >= 4 is 52.2 Å². The standard InChI is InChI=1S/C18H12Cl2FNO4S/c19-13-7-10(8-14(20)16(13)23)9-15-17(24)22(18(25)27-15)5-6-26-12-3-1-11(21)2-4-12/h1-4,7-9,23H,5-6H2/b15-9-. The second-order valence-corrected chi connectivity index (χ2v) is 7.28. The van der Waals surface area contributed by atoms with Crippen LogP contribution in [0.4, 0.5) is 9.18 Å². The summed E-state index contributed by atoms with van der Waals surface area (Å²) < 4.78 is 18.3. The summed E-state index contributed by atoms with van der Waals surface area (Å²) in [5.41, 5.74) is 0.482. The minimum atomic E-state index is -0.465. The Kier molecular flexibility index (Phi) is 5.94. The smallest absolute Gasteiger partial charge is 0.293 e. The summed E-state index contributed by atoms with van der Waals surface area (Å²) in [7, 11) is 0. The Hall–Kier alpha value is -2.22. The van der Waals surface area contributed by atoms with Gasteiger partial charge in [0, 0.05) is 0 Å². The summed E-state index contributed by atoms with van der Waals surface area (Å²) in [5.74, 6) is -0.658. The molecular weight excluding hydrogens is 416 g/mol. The third kappa shape index (κ3) is 4.55. The van der Waals surface area contributed by atoms with Gasteiger partial charge in [0.05, 0.1) is 21.5 Å². The van der Waals surface area contributed by atoms with E-state index in [0.29, 0.717) is 11.3 Å². The first-order chi connectivity index (χ1) is 12.8. The molecule has 27 heavy (non-hydrogen) atoms. The van der Waals surface area contributed by atoms with Crippen LogP contribution in [0.2, 0.25) is 10.0 Å². The number of rotatable bonds is 5. The van der Waals surface area contributed by atoms with E-state index in [4.69, 9.17) is 27.9 Å². The second kappa shape index (κ2) is 8.21. The van der Waals surface area contributed by atoms with Gasteiger partial charge < -0.3 is 9.84 Å². The highest BCUT2D eigenvalue weighted by Crippen LogP contribution is 2.36. The SMILES string of the molecule is O=C1S/C(=C\c2cc(Cl)c(O)c(Cl)c2)C(=O)N1CCOc1ccc(F)cc1. The molecule has 1 N–H and O–H groups in total. The van der Waals surface area contributed by atoms with Crippen molar-refractivity contribution in [3.05, 3.63) is 62.7 Å². The minimum absolute atomic E-state index is 0.0423. The van der Waals surface area contributed by atoms with Gasteiger partial charge in [-0.15, -0.1) is 0 Å². The number of aromatic hydroxyl groups is 1. The Bertz CT molecular complexity index is 910. The van der Waals surface area contributed by atoms with Crippen molar-refractivity contribution in [2.24, 2.45) is 0 Å². The van der Waals surface area contributed by atoms with Gasteiger partial charge in [0.15, 0.2) is 5.75 Å². The molecule has 1 saturated heterocycles. The fraction of sp³-hybridized carbons (Fsp3) is 0.111. The van der Waals surface area contributed by atoms with Gasteiger partial charge in [0.25, 0.3) is 11.1 Å². The largest absolute Gasteiger partial charge is 0.505 e. The monoisotopic (exact) mass is 427 g/mol. The Morgan fingerprint density at radius 3 is 2.41 bits per heavy atom. The molecule has 0 radical (unpaired) electrons. The van der Waals surface area contributed by atoms with Crippen LogP contribution in [0.1, 0.15) is 5.56 Å². The Labute approximate surface area is 168 Å². The molecule has 0 saturated carbocycles. The number of halogens is 3. The van der Waals surface area contributed by atoms with Crippen LogP contribution in [0, 0.1) is 5.82 Å². The highest BCUT2D eigenvalue weighted by Gasteiger charge is 2.34. The molecule has 2 aromatic rings. The molecule has 2 amide bonds. The molecule has 1 fully saturated rings. The van der Waals surface area contributed by atoms with E-state index >= 15 is 0 Å². The normalized spacial score (nSPS) is 15.7. The highest BCUT2D eigenvalue weighted by atomic mass is 35.5. The number of carbonyl (C=O) groups excluding carboxylic acids is 2. The molecule has 1 heterocycles. The Morgan fingerprint density at radius 2 is 1.78 bits per heavy atom. The molecular formula is C18H12Cl2FNO4S. The molecule has 0 aliphatic carbocycles. The summed E-state index contributed by atoms with van der Waals surface area (Å²) in [6.07, 6.45) is 1.48. The van der Waals surface area contributed by atoms with Crippen LogP contribution in [0.5, 0.6) is 11.5 Å². The lowest BCUT2D eigenvalue weighted by Crippen LogP contribution is -2.32. The molecule has 0 unspecified atom stereocenters. The number of phenols is 1. The van der Waals surface area contributed by atoms with Crippen LogP contribution in [0.15, 0.2) is 41.3 Å². The van der Waals surface area contributed by atoms with E-state index in [2.05, 4.69) is 0 Å². The number of nitrogens with zero attached hydrogens (tertiary/aromatic N) is 1. The summed E-state index contributed by atoms with van der Waals surface area (Å²) >= 11 is 12.5. The quantitative estimate of drug-likeness (QED) is 0.683. The van der Waals surface area contributed by atoms with E-state index in [0.717, 1.165) is 16.7 Å². The van der Waals surface area contributed by atoms with E-state index in [1.807, 2.05) is 0 Å². The van der Waals surface area contributed by atoms with Gasteiger partial charge in [-0.1, -0.05) is 23.2 Å². The number of hydrogen-bond donors (Lipinski definition) is 1. The molecule has 3 rings (SSSR count). The lowest BCUT2D eigenvalue weighted by molar-refractivity contribution is -0.123. The average Bonchev–Trinajstić information content (AvgIpc) is 2.88. The zero-order chi connectivity index (χ0) is 19.6. The molecule has 1 aliphatic heterocycles. The fourth-order valence-corrected chi connectivity index (χ4v) is 3.67. The number of amides is 2. The fourth-order valence-electron chi connectivity index (χ4n) is 2.30. The van der Waals surface area contributed by atoms with Crippen LogP contribution >= 0.6 is 35.0 Å². The maximum Gasteiger partial charge on any atom is 0.293 e. The van der Waals surface area contributed by atoms with Crippen molar-refractivity contribution in [3.63, 3.8) is 0 Å². The van der Waals surface area contributed by atoms with Crippen molar-refractivity contribution in [1.29, 1.82) is 0 Å². The summed E-state index contributed by atoms with van der Waals surface area (Å²) in [6, 6.07) is 8.31. The van der Waals surface area contributed by atoms with Crippen molar-refractivity contribution in [1.82, 2.24) is 4.90 Å². The van der Waals surface area contributed by atoms with E-state index in [1.54, 1.807) is 0 Å². The van der Waals surface area contributed by atoms with Crippen molar-refractivity contribution in [2.75, 3.05) is 13.2 Å². The first-order valence-electron chi connectivity index (χ1n) is 7.67. The number of hydrogen-bond acceptors (Lipinski definition) is 5. The van der Waals surface area contributed by atoms with Crippen LogP contribution < -0.4 is 4.74 Å². The van der Waals surface area contributed by atoms with Crippen LogP contribution in [0.3, 0.4) is 0 Å². The second-order valence-electron chi connectivity index (χ2n) is 5.47. The number of benzene rings is 2. The first kappa shape index (κ1) is 19.5. The molecule has 5 nitrogen and oxygen atoms in total. The van der Waals surface area contributed by atoms with Gasteiger partial charge in [-0.3, -0.25) is 14.5 Å². The van der Waals surface area contributed by atoms with Gasteiger partial charge in [-0.05, 0) is 59.8 Å². The average molecular weight is 428 g/mol. The van der Waals surface area contributed by atoms with E-state index in [1.165, 1.54) is 42.5 Å². The highest BCUT2D eigenvalue weighted by molar-refractivity contribution is 8.18. The van der Waals surface area contributed by atoms with Crippen molar-refractivity contribution in [3.8, 4) is 11.5 Å². The minimum Gasteiger partial charge on any atom is -0.505 e. The summed E-state index contributed by atoms with van der Waals surface area (Å²) in [5, 5.41) is 9.24. The van der Waals surface area contributed by atoms with Crippen molar-refractivity contribution < 1.29 is 23.8 Å². The molecule has 1 aliphatic rings. The predicted molar refractivity (Wildman–Crippen MR) is 103 cm³/mol. The lowest BCUT2D eigenvalue weighted by Gasteiger charge is -2.13. The van der Waals surface area contributed by atoms with Gasteiger partial charge in [0.2, 0.25) is 0 Å². The summed E-state index contributed by atoms with van der Waals surface area (Å²) in [6.45, 7) is 0.129. The van der Waals surface area contributed by atoms with E-state index in [9.17, 15) is 19.1 Å². The Morgan fingerprint density at radius 1 is 1.15 bits per heavy atom. The zero-order valence-electron chi connectivity index (χ0n) is 13.6. The number of thioether (sulfide) groups is 1. The van der Waals surface area contributed by atoms with Gasteiger partial charge in [0.1, 0.15) is 18.2 Å². The van der Waals surface area contributed by atoms with Crippen LogP contribution in [-0.4, -0.2) is 34.3 Å². The predicted octanol–water partition coefficient (Wildman–Crippen LogP) is 4.95. The van der Waals surface area contributed by atoms with Gasteiger partial charge in [-0.25, -0.2) is 4.39 Å². The maximum atomic E-state index is 12.9. The van der Waals surface area contributed by atoms with Crippen LogP contribution in [-0.2, 0) is 4.79 Å². The number of phenolic OH excluding ortho intramolecular Hbond substituents is 1. The number of carbonyl (C=O) groups is 2. The third-order valence-corrected chi connectivity index (χ3v) is 5.09. The van der Waals surface area contributed by atoms with Crippen LogP contribution in [0.25, 0.3) is 6.08 Å². The van der Waals surface area contributed by atoms with Gasteiger partial charge >= 0.3 is 0 Å². The number of ether oxygens (including phenoxy) is 1. The number of imide groups is 1. The van der Waals surface area contributed by atoms with Gasteiger partial charge in [-0.2, -0.15) is 0 Å². The molecule has 140 valence electrons. The molecule has 0 spiro atoms. The first-order valence-corrected chi connectivity index (χ1v) is 9.24. The van der Waals surface area contributed by atoms with E-state index < -0.39 is 11.1 Å². The molecule has 0 atom stereocenters. The third-order valence-electron chi connectivity index (χ3n) is 3.61.